The van der Waals surface area contributed by atoms with Crippen LogP contribution in [0.4, 0.5) is 10.6 Å². The summed E-state index contributed by atoms with van der Waals surface area (Å²) in [6.45, 7) is 0.829. The summed E-state index contributed by atoms with van der Waals surface area (Å²) in [4.78, 5) is 16.2. The summed E-state index contributed by atoms with van der Waals surface area (Å²) in [5.74, 6) is 3.39. The largest absolute Gasteiger partial charge is 0.337 e. The Morgan fingerprint density at radius 3 is 2.38 bits per heavy atom. The molecule has 4 heteroatoms. The molecule has 112 valence electrons. The number of pyridine rings is 1. The Labute approximate surface area is 125 Å². The molecule has 2 N–H and O–H groups in total. The number of amides is 2. The van der Waals surface area contributed by atoms with Crippen molar-refractivity contribution in [3.63, 3.8) is 0 Å². The van der Waals surface area contributed by atoms with Gasteiger partial charge in [-0.1, -0.05) is 6.07 Å². The highest BCUT2D eigenvalue weighted by Crippen LogP contribution is 2.59. The second-order valence-electron chi connectivity index (χ2n) is 7.44. The molecule has 0 radical (unpaired) electrons. The molecule has 0 saturated heterocycles. The number of carbonyl (C=O) groups is 1. The SMILES string of the molecule is O=C(NCC12CC3CC(CC(C3)C1)C2)Nc1ccccn1. The molecule has 4 aliphatic rings. The van der Waals surface area contributed by atoms with E-state index in [9.17, 15) is 4.79 Å². The first-order valence-corrected chi connectivity index (χ1v) is 8.17. The van der Waals surface area contributed by atoms with Crippen molar-refractivity contribution in [2.24, 2.45) is 23.2 Å². The molecule has 4 nitrogen and oxygen atoms in total. The Kier molecular flexibility index (Phi) is 3.12. The van der Waals surface area contributed by atoms with Crippen LogP contribution in [0.25, 0.3) is 0 Å². The number of carbonyl (C=O) groups excluding carboxylic acids is 1. The van der Waals surface area contributed by atoms with Crippen molar-refractivity contribution in [1.82, 2.24) is 10.3 Å². The summed E-state index contributed by atoms with van der Waals surface area (Å²) in [6, 6.07) is 5.41. The van der Waals surface area contributed by atoms with Crippen LogP contribution in [0.3, 0.4) is 0 Å². The summed E-state index contributed by atoms with van der Waals surface area (Å²) in [6.07, 6.45) is 9.99. The smallest absolute Gasteiger partial charge is 0.320 e. The molecule has 4 bridgehead atoms. The molecule has 1 heterocycles. The lowest BCUT2D eigenvalue weighted by molar-refractivity contribution is -0.0496. The number of urea groups is 1. The fourth-order valence-corrected chi connectivity index (χ4v) is 5.37. The highest BCUT2D eigenvalue weighted by molar-refractivity contribution is 5.88. The van der Waals surface area contributed by atoms with Crippen LogP contribution in [0, 0.1) is 23.2 Å². The zero-order valence-corrected chi connectivity index (χ0v) is 12.3. The standard InChI is InChI=1S/C17H23N3O/c21-16(20-15-3-1-2-4-18-15)19-11-17-8-12-5-13(9-17)7-14(6-12)10-17/h1-4,12-14H,5-11H2,(H2,18,19,20,21). The maximum atomic E-state index is 12.0. The molecule has 0 aromatic carbocycles. The maximum absolute atomic E-state index is 12.0. The van der Waals surface area contributed by atoms with Crippen molar-refractivity contribution in [2.45, 2.75) is 38.5 Å². The van der Waals surface area contributed by atoms with Gasteiger partial charge in [-0.15, -0.1) is 0 Å². The number of nitrogens with zero attached hydrogens (tertiary/aromatic N) is 1. The normalized spacial score (nSPS) is 36.5. The van der Waals surface area contributed by atoms with E-state index in [2.05, 4.69) is 15.6 Å². The van der Waals surface area contributed by atoms with Gasteiger partial charge < -0.3 is 5.32 Å². The molecule has 0 aliphatic heterocycles. The minimum absolute atomic E-state index is 0.121. The molecule has 21 heavy (non-hydrogen) atoms. The summed E-state index contributed by atoms with van der Waals surface area (Å²) < 4.78 is 0. The van der Waals surface area contributed by atoms with Gasteiger partial charge in [-0.2, -0.15) is 0 Å². The summed E-state index contributed by atoms with van der Waals surface area (Å²) in [7, 11) is 0. The molecule has 0 spiro atoms. The molecule has 4 aliphatic carbocycles. The van der Waals surface area contributed by atoms with Gasteiger partial charge in [-0.05, 0) is 73.8 Å². The first-order valence-electron chi connectivity index (χ1n) is 8.17. The van der Waals surface area contributed by atoms with Crippen LogP contribution in [-0.2, 0) is 0 Å². The van der Waals surface area contributed by atoms with Crippen molar-refractivity contribution in [1.29, 1.82) is 0 Å². The average Bonchev–Trinajstić information content (AvgIpc) is 2.45. The average molecular weight is 285 g/mol. The first-order chi connectivity index (χ1) is 10.2. The molecule has 1 aromatic rings. The molecular formula is C17H23N3O. The molecule has 2 amide bonds. The van der Waals surface area contributed by atoms with Gasteiger partial charge in [-0.25, -0.2) is 9.78 Å². The molecule has 5 rings (SSSR count). The zero-order chi connectivity index (χ0) is 14.3. The molecule has 1 aromatic heterocycles. The predicted octanol–water partition coefficient (Wildman–Crippen LogP) is 3.42. The van der Waals surface area contributed by atoms with Gasteiger partial charge in [0.15, 0.2) is 0 Å². The van der Waals surface area contributed by atoms with E-state index in [4.69, 9.17) is 0 Å². The van der Waals surface area contributed by atoms with Crippen molar-refractivity contribution in [2.75, 3.05) is 11.9 Å². The van der Waals surface area contributed by atoms with Crippen molar-refractivity contribution in [3.8, 4) is 0 Å². The minimum Gasteiger partial charge on any atom is -0.337 e. The molecule has 4 saturated carbocycles. The van der Waals surface area contributed by atoms with Gasteiger partial charge in [0.25, 0.3) is 0 Å². The summed E-state index contributed by atoms with van der Waals surface area (Å²) >= 11 is 0. The zero-order valence-electron chi connectivity index (χ0n) is 12.3. The summed E-state index contributed by atoms with van der Waals surface area (Å²) in [5, 5.41) is 5.91. The molecular weight excluding hydrogens is 262 g/mol. The fourth-order valence-electron chi connectivity index (χ4n) is 5.37. The maximum Gasteiger partial charge on any atom is 0.320 e. The van der Waals surface area contributed by atoms with Gasteiger partial charge in [0.1, 0.15) is 5.82 Å². The first kappa shape index (κ1) is 13.1. The van der Waals surface area contributed by atoms with E-state index in [1.165, 1.54) is 38.5 Å². The third-order valence-electron chi connectivity index (χ3n) is 5.70. The fraction of sp³-hybridized carbons (Fsp3) is 0.647. The monoisotopic (exact) mass is 285 g/mol. The quantitative estimate of drug-likeness (QED) is 0.894. The lowest BCUT2D eigenvalue weighted by Crippen LogP contribution is -2.51. The van der Waals surface area contributed by atoms with Crippen LogP contribution in [0.15, 0.2) is 24.4 Å². The molecule has 4 fully saturated rings. The molecule has 0 atom stereocenters. The van der Waals surface area contributed by atoms with E-state index in [1.807, 2.05) is 18.2 Å². The van der Waals surface area contributed by atoms with E-state index in [1.54, 1.807) is 6.20 Å². The lowest BCUT2D eigenvalue weighted by Gasteiger charge is -2.56. The van der Waals surface area contributed by atoms with Crippen molar-refractivity contribution < 1.29 is 4.79 Å². The Morgan fingerprint density at radius 1 is 1.14 bits per heavy atom. The van der Waals surface area contributed by atoms with E-state index in [0.29, 0.717) is 11.2 Å². The third kappa shape index (κ3) is 2.63. The Morgan fingerprint density at radius 2 is 1.81 bits per heavy atom. The van der Waals surface area contributed by atoms with Crippen LogP contribution < -0.4 is 10.6 Å². The number of hydrogen-bond acceptors (Lipinski definition) is 2. The van der Waals surface area contributed by atoms with Crippen LogP contribution >= 0.6 is 0 Å². The van der Waals surface area contributed by atoms with Crippen LogP contribution in [-0.4, -0.2) is 17.6 Å². The number of aromatic nitrogens is 1. The van der Waals surface area contributed by atoms with Gasteiger partial charge >= 0.3 is 6.03 Å². The van der Waals surface area contributed by atoms with E-state index in [-0.39, 0.29) is 6.03 Å². The topological polar surface area (TPSA) is 54.0 Å². The van der Waals surface area contributed by atoms with Crippen molar-refractivity contribution in [3.05, 3.63) is 24.4 Å². The molecule has 0 unspecified atom stereocenters. The second kappa shape index (κ2) is 5.00. The Balaban J connectivity index is 1.35. The number of nitrogens with one attached hydrogen (secondary N) is 2. The van der Waals surface area contributed by atoms with Gasteiger partial charge in [-0.3, -0.25) is 5.32 Å². The van der Waals surface area contributed by atoms with Gasteiger partial charge in [0.05, 0.1) is 0 Å². The Bertz CT molecular complexity index is 493. The van der Waals surface area contributed by atoms with E-state index in [0.717, 1.165) is 24.3 Å². The lowest BCUT2D eigenvalue weighted by atomic mass is 9.49. The highest BCUT2D eigenvalue weighted by atomic mass is 16.2. The van der Waals surface area contributed by atoms with Gasteiger partial charge in [0, 0.05) is 12.7 Å². The number of rotatable bonds is 3. The van der Waals surface area contributed by atoms with Crippen molar-refractivity contribution >= 4 is 11.8 Å². The minimum atomic E-state index is -0.121. The number of anilines is 1. The third-order valence-corrected chi connectivity index (χ3v) is 5.70. The summed E-state index contributed by atoms with van der Waals surface area (Å²) in [5.41, 5.74) is 0.385. The van der Waals surface area contributed by atoms with Gasteiger partial charge in [0.2, 0.25) is 0 Å². The second-order valence-corrected chi connectivity index (χ2v) is 7.44. The van der Waals surface area contributed by atoms with Crippen LogP contribution in [0.1, 0.15) is 38.5 Å². The van der Waals surface area contributed by atoms with E-state index < -0.39 is 0 Å². The number of hydrogen-bond donors (Lipinski definition) is 2. The predicted molar refractivity (Wildman–Crippen MR) is 81.9 cm³/mol. The van der Waals surface area contributed by atoms with Crippen LogP contribution in [0.5, 0.6) is 0 Å². The van der Waals surface area contributed by atoms with Crippen LogP contribution in [0.2, 0.25) is 0 Å². The Hall–Kier alpha value is -1.58. The van der Waals surface area contributed by atoms with E-state index >= 15 is 0 Å². The highest BCUT2D eigenvalue weighted by Gasteiger charge is 2.50.